The van der Waals surface area contributed by atoms with Gasteiger partial charge in [-0.3, -0.25) is 4.79 Å². The van der Waals surface area contributed by atoms with E-state index in [9.17, 15) is 4.79 Å². The van der Waals surface area contributed by atoms with Crippen molar-refractivity contribution >= 4 is 27.5 Å². The highest BCUT2D eigenvalue weighted by Gasteiger charge is 2.15. The molecule has 4 aromatic rings. The third-order valence-electron chi connectivity index (χ3n) is 3.31. The molecular weight excluding hydrogens is 312 g/mol. The molecule has 0 aliphatic heterocycles. The Balaban J connectivity index is 1.52. The van der Waals surface area contributed by atoms with Crippen molar-refractivity contribution in [3.05, 3.63) is 60.4 Å². The number of rotatable bonds is 4. The number of H-pyrrole nitrogens is 1. The third-order valence-corrected chi connectivity index (χ3v) is 4.36. The maximum Gasteiger partial charge on any atom is 0.287 e. The first-order chi connectivity index (χ1) is 11.3. The van der Waals surface area contributed by atoms with Crippen LogP contribution < -0.4 is 5.32 Å². The highest BCUT2D eigenvalue weighted by atomic mass is 32.1. The third kappa shape index (κ3) is 2.74. The molecule has 7 heteroatoms. The smallest absolute Gasteiger partial charge is 0.287 e. The molecule has 1 aromatic carbocycles. The van der Waals surface area contributed by atoms with Crippen LogP contribution in [0.1, 0.15) is 16.4 Å². The summed E-state index contributed by atoms with van der Waals surface area (Å²) in [6.07, 6.45) is 3.35. The standard InChI is InChI=1S/C16H12N4O2S/c21-15(19-9-14-17-7-8-18-14)11-5-6-12(22-11)16-20-10-3-1-2-4-13(10)23-16/h1-8H,9H2,(H,17,18)(H,19,21). The number of aromatic nitrogens is 3. The molecule has 3 aromatic heterocycles. The molecule has 0 unspecified atom stereocenters. The first kappa shape index (κ1) is 13.7. The van der Waals surface area contributed by atoms with Crippen molar-refractivity contribution < 1.29 is 9.21 Å². The van der Waals surface area contributed by atoms with Gasteiger partial charge in [0.15, 0.2) is 16.5 Å². The summed E-state index contributed by atoms with van der Waals surface area (Å²) < 4.78 is 6.72. The van der Waals surface area contributed by atoms with Crippen molar-refractivity contribution in [1.29, 1.82) is 0 Å². The average molecular weight is 324 g/mol. The molecule has 23 heavy (non-hydrogen) atoms. The number of hydrogen-bond acceptors (Lipinski definition) is 5. The summed E-state index contributed by atoms with van der Waals surface area (Å²) in [5, 5.41) is 3.51. The van der Waals surface area contributed by atoms with E-state index in [-0.39, 0.29) is 11.7 Å². The highest BCUT2D eigenvalue weighted by molar-refractivity contribution is 7.21. The molecule has 0 spiro atoms. The molecule has 0 bridgehead atoms. The maximum atomic E-state index is 12.1. The number of fused-ring (bicyclic) bond motifs is 1. The number of furan rings is 1. The van der Waals surface area contributed by atoms with Crippen LogP contribution in [0, 0.1) is 0 Å². The summed E-state index contributed by atoms with van der Waals surface area (Å²) in [5.74, 6) is 1.25. The molecule has 0 atom stereocenters. The lowest BCUT2D eigenvalue weighted by Crippen LogP contribution is -2.22. The van der Waals surface area contributed by atoms with E-state index in [0.717, 1.165) is 15.2 Å². The van der Waals surface area contributed by atoms with Gasteiger partial charge in [-0.05, 0) is 24.3 Å². The Kier molecular flexibility index (Phi) is 3.39. The highest BCUT2D eigenvalue weighted by Crippen LogP contribution is 2.31. The van der Waals surface area contributed by atoms with E-state index in [0.29, 0.717) is 18.1 Å². The predicted octanol–water partition coefficient (Wildman–Crippen LogP) is 3.21. The number of para-hydroxylation sites is 1. The van der Waals surface area contributed by atoms with E-state index in [1.54, 1.807) is 24.5 Å². The zero-order chi connectivity index (χ0) is 15.6. The van der Waals surface area contributed by atoms with Gasteiger partial charge < -0.3 is 14.7 Å². The molecule has 0 radical (unpaired) electrons. The minimum Gasteiger partial charge on any atom is -0.448 e. The Labute approximate surface area is 135 Å². The number of carbonyl (C=O) groups is 1. The first-order valence-electron chi connectivity index (χ1n) is 7.02. The second kappa shape index (κ2) is 5.69. The Morgan fingerprint density at radius 1 is 1.26 bits per heavy atom. The first-order valence-corrected chi connectivity index (χ1v) is 7.83. The number of nitrogens with zero attached hydrogens (tertiary/aromatic N) is 2. The second-order valence-electron chi connectivity index (χ2n) is 4.87. The molecule has 0 aliphatic rings. The quantitative estimate of drug-likeness (QED) is 0.604. The molecule has 0 fully saturated rings. The molecule has 3 heterocycles. The van der Waals surface area contributed by atoms with Gasteiger partial charge in [0.1, 0.15) is 5.82 Å². The van der Waals surface area contributed by atoms with Gasteiger partial charge in [0, 0.05) is 12.4 Å². The van der Waals surface area contributed by atoms with Gasteiger partial charge in [-0.25, -0.2) is 9.97 Å². The van der Waals surface area contributed by atoms with Crippen molar-refractivity contribution in [2.45, 2.75) is 6.54 Å². The van der Waals surface area contributed by atoms with Crippen LogP contribution in [0.25, 0.3) is 21.0 Å². The molecular formula is C16H12N4O2S. The minimum absolute atomic E-state index is 0.255. The van der Waals surface area contributed by atoms with Crippen molar-refractivity contribution in [2.75, 3.05) is 0 Å². The Morgan fingerprint density at radius 3 is 3.00 bits per heavy atom. The molecule has 0 saturated carbocycles. The molecule has 1 amide bonds. The van der Waals surface area contributed by atoms with E-state index in [1.165, 1.54) is 11.3 Å². The monoisotopic (exact) mass is 324 g/mol. The molecule has 0 aliphatic carbocycles. The second-order valence-corrected chi connectivity index (χ2v) is 5.90. The normalized spacial score (nSPS) is 11.0. The van der Waals surface area contributed by atoms with Crippen LogP contribution in [-0.4, -0.2) is 20.9 Å². The number of amides is 1. The number of nitrogens with one attached hydrogen (secondary N) is 2. The van der Waals surface area contributed by atoms with Crippen molar-refractivity contribution in [2.24, 2.45) is 0 Å². The number of benzene rings is 1. The van der Waals surface area contributed by atoms with E-state index in [2.05, 4.69) is 20.3 Å². The van der Waals surface area contributed by atoms with Crippen LogP contribution in [-0.2, 0) is 6.54 Å². The minimum atomic E-state index is -0.284. The summed E-state index contributed by atoms with van der Waals surface area (Å²) in [4.78, 5) is 23.6. The summed E-state index contributed by atoms with van der Waals surface area (Å²) in [7, 11) is 0. The van der Waals surface area contributed by atoms with Gasteiger partial charge in [-0.1, -0.05) is 12.1 Å². The van der Waals surface area contributed by atoms with Gasteiger partial charge in [0.25, 0.3) is 5.91 Å². The SMILES string of the molecule is O=C(NCc1ncc[nH]1)c1ccc(-c2nc3ccccc3s2)o1. The van der Waals surface area contributed by atoms with Crippen LogP contribution in [0.15, 0.2) is 53.2 Å². The number of carbonyl (C=O) groups excluding carboxylic acids is 1. The summed E-state index contributed by atoms with van der Waals surface area (Å²) in [5.41, 5.74) is 0.924. The number of hydrogen-bond donors (Lipinski definition) is 2. The van der Waals surface area contributed by atoms with E-state index < -0.39 is 0 Å². The molecule has 6 nitrogen and oxygen atoms in total. The van der Waals surface area contributed by atoms with Crippen LogP contribution in [0.2, 0.25) is 0 Å². The lowest BCUT2D eigenvalue weighted by molar-refractivity contribution is 0.0923. The lowest BCUT2D eigenvalue weighted by atomic mass is 10.3. The Bertz CT molecular complexity index is 922. The van der Waals surface area contributed by atoms with Gasteiger partial charge in [0.05, 0.1) is 16.8 Å². The van der Waals surface area contributed by atoms with Gasteiger partial charge in [0.2, 0.25) is 0 Å². The molecule has 4 rings (SSSR count). The van der Waals surface area contributed by atoms with Gasteiger partial charge in [-0.15, -0.1) is 11.3 Å². The largest absolute Gasteiger partial charge is 0.448 e. The predicted molar refractivity (Wildman–Crippen MR) is 87.1 cm³/mol. The zero-order valence-corrected chi connectivity index (χ0v) is 12.8. The number of imidazole rings is 1. The average Bonchev–Trinajstić information content (AvgIpc) is 3.31. The lowest BCUT2D eigenvalue weighted by Gasteiger charge is -1.99. The van der Waals surface area contributed by atoms with Crippen LogP contribution in [0.3, 0.4) is 0 Å². The summed E-state index contributed by atoms with van der Waals surface area (Å²) in [6.45, 7) is 0.322. The fraction of sp³-hybridized carbons (Fsp3) is 0.0625. The molecule has 2 N–H and O–H groups in total. The maximum absolute atomic E-state index is 12.1. The summed E-state index contributed by atoms with van der Waals surface area (Å²) in [6, 6.07) is 11.3. The fourth-order valence-corrected chi connectivity index (χ4v) is 3.13. The summed E-state index contributed by atoms with van der Waals surface area (Å²) >= 11 is 1.54. The van der Waals surface area contributed by atoms with Crippen LogP contribution >= 0.6 is 11.3 Å². The molecule has 114 valence electrons. The van der Waals surface area contributed by atoms with Crippen molar-refractivity contribution in [3.63, 3.8) is 0 Å². The number of aromatic amines is 1. The van der Waals surface area contributed by atoms with Crippen LogP contribution in [0.4, 0.5) is 0 Å². The number of thiazole rings is 1. The zero-order valence-electron chi connectivity index (χ0n) is 11.9. The van der Waals surface area contributed by atoms with Crippen LogP contribution in [0.5, 0.6) is 0 Å². The van der Waals surface area contributed by atoms with Gasteiger partial charge >= 0.3 is 0 Å². The molecule has 0 saturated heterocycles. The van der Waals surface area contributed by atoms with E-state index in [1.807, 2.05) is 24.3 Å². The Morgan fingerprint density at radius 2 is 2.17 bits per heavy atom. The van der Waals surface area contributed by atoms with Gasteiger partial charge in [-0.2, -0.15) is 0 Å². The fourth-order valence-electron chi connectivity index (χ4n) is 2.20. The van der Waals surface area contributed by atoms with Crippen molar-refractivity contribution in [1.82, 2.24) is 20.3 Å². The van der Waals surface area contributed by atoms with E-state index >= 15 is 0 Å². The van der Waals surface area contributed by atoms with Crippen molar-refractivity contribution in [3.8, 4) is 10.8 Å². The Hall–Kier alpha value is -2.93. The topological polar surface area (TPSA) is 83.8 Å². The van der Waals surface area contributed by atoms with E-state index in [4.69, 9.17) is 4.42 Å².